The van der Waals surface area contributed by atoms with Crippen LogP contribution in [0.4, 0.5) is 0 Å². The van der Waals surface area contributed by atoms with Crippen molar-refractivity contribution in [2.24, 2.45) is 0 Å². The van der Waals surface area contributed by atoms with E-state index in [-0.39, 0.29) is 6.42 Å². The molecule has 0 bridgehead atoms. The fourth-order valence-electron chi connectivity index (χ4n) is 2.35. The molecule has 3 nitrogen and oxygen atoms in total. The Morgan fingerprint density at radius 2 is 2.17 bits per heavy atom. The zero-order valence-electron chi connectivity index (χ0n) is 10.7. The van der Waals surface area contributed by atoms with Crippen LogP contribution in [-0.2, 0) is 17.6 Å². The predicted octanol–water partition coefficient (Wildman–Crippen LogP) is 3.20. The van der Waals surface area contributed by atoms with Gasteiger partial charge in [-0.3, -0.25) is 4.79 Å². The lowest BCUT2D eigenvalue weighted by molar-refractivity contribution is -0.137. The van der Waals surface area contributed by atoms with Gasteiger partial charge in [0.1, 0.15) is 5.75 Å². The second-order valence-corrected chi connectivity index (χ2v) is 4.85. The summed E-state index contributed by atoms with van der Waals surface area (Å²) >= 11 is 0. The van der Waals surface area contributed by atoms with Crippen molar-refractivity contribution in [2.45, 2.75) is 44.9 Å². The van der Waals surface area contributed by atoms with Crippen LogP contribution >= 0.6 is 0 Å². The normalized spacial score (nSPS) is 13.8. The summed E-state index contributed by atoms with van der Waals surface area (Å²) in [4.78, 5) is 10.4. The fraction of sp³-hybridized carbons (Fsp3) is 0.533. The van der Waals surface area contributed by atoms with Crippen LogP contribution < -0.4 is 4.74 Å². The Labute approximate surface area is 108 Å². The average molecular weight is 248 g/mol. The van der Waals surface area contributed by atoms with Crippen LogP contribution in [0.2, 0.25) is 0 Å². The van der Waals surface area contributed by atoms with Gasteiger partial charge in [0.2, 0.25) is 0 Å². The molecule has 0 spiro atoms. The second-order valence-electron chi connectivity index (χ2n) is 4.85. The van der Waals surface area contributed by atoms with Crippen LogP contribution in [0.5, 0.6) is 5.75 Å². The van der Waals surface area contributed by atoms with Gasteiger partial charge in [-0.1, -0.05) is 18.6 Å². The summed E-state index contributed by atoms with van der Waals surface area (Å²) in [5.74, 6) is 0.344. The monoisotopic (exact) mass is 248 g/mol. The highest BCUT2D eigenvalue weighted by molar-refractivity contribution is 5.66. The van der Waals surface area contributed by atoms with E-state index in [1.807, 2.05) is 0 Å². The van der Waals surface area contributed by atoms with Crippen molar-refractivity contribution in [3.8, 4) is 5.75 Å². The largest absolute Gasteiger partial charge is 0.493 e. The molecule has 98 valence electrons. The molecule has 1 aromatic rings. The van der Waals surface area contributed by atoms with Crippen LogP contribution in [0.1, 0.15) is 43.2 Å². The smallest absolute Gasteiger partial charge is 0.303 e. The minimum absolute atomic E-state index is 0.290. The Kier molecular flexibility index (Phi) is 4.62. The minimum Gasteiger partial charge on any atom is -0.493 e. The molecule has 0 fully saturated rings. The molecule has 0 aromatic heterocycles. The number of ether oxygens (including phenoxy) is 1. The summed E-state index contributed by atoms with van der Waals surface area (Å²) in [5, 5.41) is 8.55. The van der Waals surface area contributed by atoms with E-state index in [1.54, 1.807) is 0 Å². The standard InChI is InChI=1S/C15H20O3/c16-15(17)7-3-1-2-5-12-8-9-14-13(11-12)6-4-10-18-14/h8-9,11H,1-7,10H2,(H,16,17). The van der Waals surface area contributed by atoms with E-state index in [9.17, 15) is 4.79 Å². The van der Waals surface area contributed by atoms with E-state index in [1.165, 1.54) is 11.1 Å². The van der Waals surface area contributed by atoms with E-state index in [2.05, 4.69) is 18.2 Å². The number of aliphatic carboxylic acids is 1. The third-order valence-corrected chi connectivity index (χ3v) is 3.33. The van der Waals surface area contributed by atoms with E-state index in [0.29, 0.717) is 0 Å². The molecule has 1 aromatic carbocycles. The van der Waals surface area contributed by atoms with Crippen LogP contribution in [0.15, 0.2) is 18.2 Å². The van der Waals surface area contributed by atoms with Gasteiger partial charge in [0.25, 0.3) is 0 Å². The third-order valence-electron chi connectivity index (χ3n) is 3.33. The Balaban J connectivity index is 1.77. The van der Waals surface area contributed by atoms with Crippen molar-refractivity contribution in [2.75, 3.05) is 6.61 Å². The van der Waals surface area contributed by atoms with E-state index in [0.717, 1.165) is 50.9 Å². The third kappa shape index (κ3) is 3.76. The number of unbranched alkanes of at least 4 members (excludes halogenated alkanes) is 2. The molecule has 0 atom stereocenters. The molecule has 0 unspecified atom stereocenters. The first kappa shape index (κ1) is 12.9. The second kappa shape index (κ2) is 6.43. The molecule has 0 radical (unpaired) electrons. The Morgan fingerprint density at radius 3 is 3.00 bits per heavy atom. The number of carbonyl (C=O) groups is 1. The SMILES string of the molecule is O=C(O)CCCCCc1ccc2c(c1)CCCO2. The zero-order chi connectivity index (χ0) is 12.8. The molecular weight excluding hydrogens is 228 g/mol. The summed E-state index contributed by atoms with van der Waals surface area (Å²) in [6.07, 6.45) is 6.37. The summed E-state index contributed by atoms with van der Waals surface area (Å²) in [6, 6.07) is 6.44. The van der Waals surface area contributed by atoms with Crippen molar-refractivity contribution in [3.63, 3.8) is 0 Å². The van der Waals surface area contributed by atoms with Crippen molar-refractivity contribution >= 4 is 5.97 Å². The molecule has 3 heteroatoms. The highest BCUT2D eigenvalue weighted by Crippen LogP contribution is 2.26. The molecule has 0 saturated heterocycles. The average Bonchev–Trinajstić information content (AvgIpc) is 2.38. The topological polar surface area (TPSA) is 46.5 Å². The Hall–Kier alpha value is -1.51. The lowest BCUT2D eigenvalue weighted by atomic mass is 10.00. The lowest BCUT2D eigenvalue weighted by Crippen LogP contribution is -2.08. The van der Waals surface area contributed by atoms with Crippen LogP contribution in [-0.4, -0.2) is 17.7 Å². The van der Waals surface area contributed by atoms with Gasteiger partial charge in [0, 0.05) is 6.42 Å². The quantitative estimate of drug-likeness (QED) is 0.786. The number of carboxylic acids is 1. The molecule has 0 aliphatic carbocycles. The maximum absolute atomic E-state index is 10.4. The number of benzene rings is 1. The lowest BCUT2D eigenvalue weighted by Gasteiger charge is -2.17. The molecule has 2 rings (SSSR count). The van der Waals surface area contributed by atoms with Crippen molar-refractivity contribution < 1.29 is 14.6 Å². The van der Waals surface area contributed by atoms with Crippen LogP contribution in [0.25, 0.3) is 0 Å². The van der Waals surface area contributed by atoms with Gasteiger partial charge in [-0.05, 0) is 49.3 Å². The highest BCUT2D eigenvalue weighted by Gasteiger charge is 2.10. The summed E-state index contributed by atoms with van der Waals surface area (Å²) in [6.45, 7) is 0.835. The summed E-state index contributed by atoms with van der Waals surface area (Å²) < 4.78 is 5.58. The first-order chi connectivity index (χ1) is 8.75. The summed E-state index contributed by atoms with van der Waals surface area (Å²) in [7, 11) is 0. The molecule has 0 amide bonds. The molecular formula is C15H20O3. The molecule has 0 saturated carbocycles. The maximum atomic E-state index is 10.4. The van der Waals surface area contributed by atoms with Gasteiger partial charge in [-0.2, -0.15) is 0 Å². The number of hydrogen-bond acceptors (Lipinski definition) is 2. The number of rotatable bonds is 6. The van der Waals surface area contributed by atoms with Gasteiger partial charge >= 0.3 is 5.97 Å². The van der Waals surface area contributed by atoms with Crippen LogP contribution in [0, 0.1) is 0 Å². The number of hydrogen-bond donors (Lipinski definition) is 1. The summed E-state index contributed by atoms with van der Waals surface area (Å²) in [5.41, 5.74) is 2.67. The number of carboxylic acid groups (broad SMARTS) is 1. The van der Waals surface area contributed by atoms with Crippen molar-refractivity contribution in [3.05, 3.63) is 29.3 Å². The van der Waals surface area contributed by atoms with E-state index in [4.69, 9.17) is 9.84 Å². The molecule has 1 aliphatic heterocycles. The first-order valence-corrected chi connectivity index (χ1v) is 6.72. The fourth-order valence-corrected chi connectivity index (χ4v) is 2.35. The minimum atomic E-state index is -0.694. The number of fused-ring (bicyclic) bond motifs is 1. The van der Waals surface area contributed by atoms with Crippen LogP contribution in [0.3, 0.4) is 0 Å². The van der Waals surface area contributed by atoms with Gasteiger partial charge in [-0.25, -0.2) is 0 Å². The van der Waals surface area contributed by atoms with E-state index >= 15 is 0 Å². The maximum Gasteiger partial charge on any atom is 0.303 e. The van der Waals surface area contributed by atoms with Gasteiger partial charge in [0.15, 0.2) is 0 Å². The predicted molar refractivity (Wildman–Crippen MR) is 70.1 cm³/mol. The van der Waals surface area contributed by atoms with Gasteiger partial charge < -0.3 is 9.84 Å². The first-order valence-electron chi connectivity index (χ1n) is 6.72. The number of aryl methyl sites for hydroxylation is 2. The molecule has 18 heavy (non-hydrogen) atoms. The van der Waals surface area contributed by atoms with Crippen molar-refractivity contribution in [1.82, 2.24) is 0 Å². The van der Waals surface area contributed by atoms with Gasteiger partial charge in [-0.15, -0.1) is 0 Å². The van der Waals surface area contributed by atoms with Crippen molar-refractivity contribution in [1.29, 1.82) is 0 Å². The Bertz CT molecular complexity index is 412. The van der Waals surface area contributed by atoms with Gasteiger partial charge in [0.05, 0.1) is 6.61 Å². The molecule has 1 heterocycles. The molecule has 1 aliphatic rings. The zero-order valence-corrected chi connectivity index (χ0v) is 10.7. The van der Waals surface area contributed by atoms with E-state index < -0.39 is 5.97 Å². The Morgan fingerprint density at radius 1 is 1.28 bits per heavy atom. The highest BCUT2D eigenvalue weighted by atomic mass is 16.5. The molecule has 1 N–H and O–H groups in total.